The average Bonchev–Trinajstić information content (AvgIpc) is 2.97. The minimum Gasteiger partial charge on any atom is -0.449 e. The number of nitrogens with one attached hydrogen (secondary N) is 1. The summed E-state index contributed by atoms with van der Waals surface area (Å²) in [6, 6.07) is 11.3. The van der Waals surface area contributed by atoms with Crippen LogP contribution in [0, 0.1) is 0 Å². The zero-order valence-electron chi connectivity index (χ0n) is 12.0. The van der Waals surface area contributed by atoms with E-state index in [2.05, 4.69) is 10.3 Å². The van der Waals surface area contributed by atoms with Crippen molar-refractivity contribution in [1.29, 1.82) is 0 Å². The van der Waals surface area contributed by atoms with Crippen molar-refractivity contribution in [3.8, 4) is 0 Å². The van der Waals surface area contributed by atoms with Gasteiger partial charge in [0.25, 0.3) is 0 Å². The number of aromatic nitrogens is 1. The van der Waals surface area contributed by atoms with Crippen LogP contribution in [0.2, 0.25) is 0 Å². The summed E-state index contributed by atoms with van der Waals surface area (Å²) in [5, 5.41) is 3.27. The summed E-state index contributed by atoms with van der Waals surface area (Å²) in [4.78, 5) is 16.4. The van der Waals surface area contributed by atoms with Crippen LogP contribution in [0.1, 0.15) is 24.3 Å². The van der Waals surface area contributed by atoms with E-state index < -0.39 is 12.3 Å². The number of halogens is 1. The van der Waals surface area contributed by atoms with Crippen LogP contribution in [0.4, 0.5) is 10.5 Å². The SMILES string of the molecule is CCOC(=O)n1cccc1C1N=C(N)c2ccccc2N1.Cl. The molecule has 2 aromatic rings. The first-order chi connectivity index (χ1) is 10.2. The van der Waals surface area contributed by atoms with Gasteiger partial charge < -0.3 is 15.8 Å². The molecule has 0 bridgehead atoms. The normalized spacial score (nSPS) is 15.9. The van der Waals surface area contributed by atoms with Gasteiger partial charge in [0.2, 0.25) is 0 Å². The number of ether oxygens (including phenoxy) is 1. The molecular weight excluding hydrogens is 304 g/mol. The number of anilines is 1. The quantitative estimate of drug-likeness (QED) is 0.891. The van der Waals surface area contributed by atoms with Crippen LogP contribution >= 0.6 is 12.4 Å². The summed E-state index contributed by atoms with van der Waals surface area (Å²) in [5.74, 6) is 0.450. The highest BCUT2D eigenvalue weighted by atomic mass is 35.5. The third-order valence-electron chi connectivity index (χ3n) is 3.29. The van der Waals surface area contributed by atoms with Crippen LogP contribution in [0.5, 0.6) is 0 Å². The highest BCUT2D eigenvalue weighted by Gasteiger charge is 2.23. The Balaban J connectivity index is 0.00000176. The van der Waals surface area contributed by atoms with Crippen molar-refractivity contribution in [1.82, 2.24) is 4.57 Å². The summed E-state index contributed by atoms with van der Waals surface area (Å²) in [6.07, 6.45) is 0.813. The van der Waals surface area contributed by atoms with E-state index in [1.54, 1.807) is 19.2 Å². The highest BCUT2D eigenvalue weighted by Crippen LogP contribution is 2.28. The van der Waals surface area contributed by atoms with Gasteiger partial charge in [-0.1, -0.05) is 12.1 Å². The van der Waals surface area contributed by atoms with Crippen LogP contribution in [0.25, 0.3) is 0 Å². The van der Waals surface area contributed by atoms with Crippen molar-refractivity contribution in [2.45, 2.75) is 13.1 Å². The molecule has 0 saturated carbocycles. The molecule has 3 rings (SSSR count). The predicted molar refractivity (Wildman–Crippen MR) is 87.6 cm³/mol. The number of aliphatic imine (C=N–C) groups is 1. The van der Waals surface area contributed by atoms with E-state index in [0.717, 1.165) is 11.3 Å². The van der Waals surface area contributed by atoms with Gasteiger partial charge in [-0.25, -0.2) is 9.79 Å². The van der Waals surface area contributed by atoms with Crippen molar-refractivity contribution in [3.05, 3.63) is 53.9 Å². The van der Waals surface area contributed by atoms with Gasteiger partial charge in [-0.15, -0.1) is 12.4 Å². The zero-order valence-corrected chi connectivity index (χ0v) is 12.8. The zero-order chi connectivity index (χ0) is 14.8. The number of hydrogen-bond donors (Lipinski definition) is 2. The molecule has 0 spiro atoms. The lowest BCUT2D eigenvalue weighted by Crippen LogP contribution is -2.27. The van der Waals surface area contributed by atoms with E-state index in [4.69, 9.17) is 10.5 Å². The van der Waals surface area contributed by atoms with Gasteiger partial charge in [0.05, 0.1) is 12.3 Å². The molecule has 0 radical (unpaired) electrons. The number of para-hydroxylation sites is 1. The third-order valence-corrected chi connectivity index (χ3v) is 3.29. The first-order valence-corrected chi connectivity index (χ1v) is 6.74. The first kappa shape index (κ1) is 15.9. The molecule has 1 aliphatic heterocycles. The number of fused-ring (bicyclic) bond motifs is 1. The van der Waals surface area contributed by atoms with E-state index in [-0.39, 0.29) is 12.4 Å². The Morgan fingerprint density at radius 1 is 1.36 bits per heavy atom. The molecule has 7 heteroatoms. The largest absolute Gasteiger partial charge is 0.449 e. The molecule has 22 heavy (non-hydrogen) atoms. The van der Waals surface area contributed by atoms with Gasteiger partial charge in [0, 0.05) is 17.4 Å². The summed E-state index contributed by atoms with van der Waals surface area (Å²) in [7, 11) is 0. The topological polar surface area (TPSA) is 81.6 Å². The second-order valence-corrected chi connectivity index (χ2v) is 4.61. The Bertz CT molecular complexity index is 711. The molecule has 6 nitrogen and oxygen atoms in total. The fourth-order valence-electron chi connectivity index (χ4n) is 2.34. The Hall–Kier alpha value is -2.47. The van der Waals surface area contributed by atoms with Crippen LogP contribution in [0.15, 0.2) is 47.6 Å². The number of nitrogens with two attached hydrogens (primary N) is 1. The molecule has 3 N–H and O–H groups in total. The highest BCUT2D eigenvalue weighted by molar-refractivity contribution is 6.03. The molecule has 1 atom stereocenters. The van der Waals surface area contributed by atoms with E-state index in [1.165, 1.54) is 4.57 Å². The van der Waals surface area contributed by atoms with Crippen molar-refractivity contribution in [2.24, 2.45) is 10.7 Å². The minimum atomic E-state index is -0.424. The molecule has 0 aliphatic carbocycles. The van der Waals surface area contributed by atoms with Crippen molar-refractivity contribution in [2.75, 3.05) is 11.9 Å². The van der Waals surface area contributed by atoms with Gasteiger partial charge in [0.15, 0.2) is 6.17 Å². The van der Waals surface area contributed by atoms with Gasteiger partial charge in [0.1, 0.15) is 5.84 Å². The van der Waals surface area contributed by atoms with Crippen LogP contribution in [-0.2, 0) is 4.74 Å². The van der Waals surface area contributed by atoms with E-state index in [0.29, 0.717) is 18.1 Å². The lowest BCUT2D eigenvalue weighted by molar-refractivity contribution is 0.153. The number of benzene rings is 1. The first-order valence-electron chi connectivity index (χ1n) is 6.74. The summed E-state index contributed by atoms with van der Waals surface area (Å²) in [5.41, 5.74) is 8.46. The van der Waals surface area contributed by atoms with Crippen molar-refractivity contribution in [3.63, 3.8) is 0 Å². The second kappa shape index (κ2) is 6.53. The molecular formula is C15H17ClN4O2. The molecule has 1 aliphatic rings. The summed E-state index contributed by atoms with van der Waals surface area (Å²) in [6.45, 7) is 2.09. The Morgan fingerprint density at radius 3 is 2.91 bits per heavy atom. The number of carbonyl (C=O) groups excluding carboxylic acids is 1. The molecule has 2 heterocycles. The smallest absolute Gasteiger partial charge is 0.418 e. The fourth-order valence-corrected chi connectivity index (χ4v) is 2.34. The second-order valence-electron chi connectivity index (χ2n) is 4.61. The minimum absolute atomic E-state index is 0. The number of nitrogens with zero attached hydrogens (tertiary/aromatic N) is 2. The van der Waals surface area contributed by atoms with Crippen molar-refractivity contribution < 1.29 is 9.53 Å². The maximum absolute atomic E-state index is 11.9. The number of rotatable bonds is 2. The number of hydrogen-bond acceptors (Lipinski definition) is 5. The Kier molecular flexibility index (Phi) is 4.72. The molecule has 1 aromatic heterocycles. The Morgan fingerprint density at radius 2 is 2.14 bits per heavy atom. The van der Waals surface area contributed by atoms with Crippen LogP contribution in [0.3, 0.4) is 0 Å². The van der Waals surface area contributed by atoms with Crippen LogP contribution < -0.4 is 11.1 Å². The van der Waals surface area contributed by atoms with Crippen LogP contribution in [-0.4, -0.2) is 23.1 Å². The van der Waals surface area contributed by atoms with Gasteiger partial charge in [-0.05, 0) is 31.2 Å². The molecule has 0 amide bonds. The van der Waals surface area contributed by atoms with Gasteiger partial charge >= 0.3 is 6.09 Å². The van der Waals surface area contributed by atoms with E-state index >= 15 is 0 Å². The summed E-state index contributed by atoms with van der Waals surface area (Å²) < 4.78 is 6.47. The maximum Gasteiger partial charge on any atom is 0.418 e. The number of amidine groups is 1. The summed E-state index contributed by atoms with van der Waals surface area (Å²) >= 11 is 0. The molecule has 0 saturated heterocycles. The fraction of sp³-hybridized carbons (Fsp3) is 0.200. The molecule has 1 aromatic carbocycles. The molecule has 0 fully saturated rings. The van der Waals surface area contributed by atoms with Gasteiger partial charge in [-0.3, -0.25) is 4.57 Å². The monoisotopic (exact) mass is 320 g/mol. The van der Waals surface area contributed by atoms with E-state index in [9.17, 15) is 4.79 Å². The lowest BCUT2D eigenvalue weighted by Gasteiger charge is -2.24. The van der Waals surface area contributed by atoms with Gasteiger partial charge in [-0.2, -0.15) is 0 Å². The predicted octanol–water partition coefficient (Wildman–Crippen LogP) is 2.74. The lowest BCUT2D eigenvalue weighted by atomic mass is 10.1. The average molecular weight is 321 g/mol. The standard InChI is InChI=1S/C15H16N4O2.ClH/c1-2-21-15(20)19-9-5-8-12(19)14-17-11-7-4-3-6-10(11)13(16)18-14;/h3-9,14,17H,2H2,1H3,(H2,16,18);1H. The van der Waals surface area contributed by atoms with E-state index in [1.807, 2.05) is 30.3 Å². The third kappa shape index (κ3) is 2.78. The molecule has 116 valence electrons. The van der Waals surface area contributed by atoms with Crippen molar-refractivity contribution >= 4 is 30.0 Å². The Labute approximate surface area is 134 Å². The molecule has 1 unspecified atom stereocenters. The number of carbonyl (C=O) groups is 1. The maximum atomic E-state index is 11.9.